The summed E-state index contributed by atoms with van der Waals surface area (Å²) in [6.45, 7) is 3.62. The van der Waals surface area contributed by atoms with Gasteiger partial charge >= 0.3 is 12.1 Å². The van der Waals surface area contributed by atoms with Gasteiger partial charge in [0.05, 0.1) is 6.42 Å². The Morgan fingerprint density at radius 2 is 2.06 bits per heavy atom. The lowest BCUT2D eigenvalue weighted by atomic mass is 9.95. The number of carboxylic acid groups (broad SMARTS) is 1. The van der Waals surface area contributed by atoms with Crippen molar-refractivity contribution in [3.63, 3.8) is 0 Å². The molecule has 1 aromatic carbocycles. The zero-order valence-corrected chi connectivity index (χ0v) is 17.4. The van der Waals surface area contributed by atoms with Crippen molar-refractivity contribution in [3.05, 3.63) is 63.5 Å². The number of hydrogen-bond donors (Lipinski definition) is 2. The van der Waals surface area contributed by atoms with E-state index in [4.69, 9.17) is 26.0 Å². The molecule has 170 valence electrons. The molecule has 0 fully saturated rings. The number of carbonyl (C=O) groups is 1. The summed E-state index contributed by atoms with van der Waals surface area (Å²) in [7, 11) is 0. The molecular weight excluding hydrogens is 456 g/mol. The lowest BCUT2D eigenvalue weighted by Gasteiger charge is -2.19. The van der Waals surface area contributed by atoms with Crippen molar-refractivity contribution in [1.29, 1.82) is 0 Å². The summed E-state index contributed by atoms with van der Waals surface area (Å²) in [6, 6.07) is 4.58. The summed E-state index contributed by atoms with van der Waals surface area (Å²) in [5.74, 6) is -2.32. The van der Waals surface area contributed by atoms with Gasteiger partial charge in [-0.15, -0.1) is 0 Å². The Morgan fingerprint density at radius 3 is 2.72 bits per heavy atom. The van der Waals surface area contributed by atoms with Gasteiger partial charge in [0.2, 0.25) is 11.7 Å². The van der Waals surface area contributed by atoms with E-state index in [1.165, 1.54) is 11.6 Å². The smallest absolute Gasteiger partial charge is 0.475 e. The summed E-state index contributed by atoms with van der Waals surface area (Å²) in [4.78, 5) is 17.8. The molecule has 0 aliphatic carbocycles. The van der Waals surface area contributed by atoms with E-state index >= 15 is 0 Å². The monoisotopic (exact) mass is 472 g/mol. The number of halogens is 5. The van der Waals surface area contributed by atoms with Gasteiger partial charge in [0, 0.05) is 34.6 Å². The van der Waals surface area contributed by atoms with Gasteiger partial charge in [-0.2, -0.15) is 18.2 Å². The number of aromatic nitrogens is 3. The van der Waals surface area contributed by atoms with Gasteiger partial charge in [-0.3, -0.25) is 4.98 Å². The van der Waals surface area contributed by atoms with Crippen molar-refractivity contribution in [2.45, 2.75) is 32.5 Å². The number of pyridine rings is 1. The third kappa shape index (κ3) is 5.40. The van der Waals surface area contributed by atoms with Crippen LogP contribution < -0.4 is 5.32 Å². The van der Waals surface area contributed by atoms with E-state index in [0.29, 0.717) is 22.3 Å². The molecule has 2 aromatic heterocycles. The van der Waals surface area contributed by atoms with Crippen LogP contribution in [0.15, 0.2) is 28.9 Å². The first-order valence-electron chi connectivity index (χ1n) is 9.32. The van der Waals surface area contributed by atoms with Crippen LogP contribution in [0.25, 0.3) is 11.4 Å². The predicted molar refractivity (Wildman–Crippen MR) is 106 cm³/mol. The highest BCUT2D eigenvalue weighted by Crippen LogP contribution is 2.29. The molecule has 3 aromatic rings. The van der Waals surface area contributed by atoms with Gasteiger partial charge in [-0.1, -0.05) is 22.8 Å². The minimum Gasteiger partial charge on any atom is -0.475 e. The fraction of sp³-hybridized carbons (Fsp3) is 0.300. The number of rotatable bonds is 3. The molecule has 0 saturated carbocycles. The Bertz CT molecular complexity index is 1110. The molecule has 1 aliphatic heterocycles. The maximum atomic E-state index is 14.0. The van der Waals surface area contributed by atoms with Crippen molar-refractivity contribution in [2.24, 2.45) is 0 Å². The molecule has 7 nitrogen and oxygen atoms in total. The molecule has 1 aliphatic rings. The Kier molecular flexibility index (Phi) is 7.09. The van der Waals surface area contributed by atoms with Crippen LogP contribution in [0.3, 0.4) is 0 Å². The van der Waals surface area contributed by atoms with E-state index in [2.05, 4.69) is 20.4 Å². The number of alkyl halides is 3. The lowest BCUT2D eigenvalue weighted by Crippen LogP contribution is -2.24. The molecular formula is C20H17ClF4N4O3. The van der Waals surface area contributed by atoms with E-state index in [1.807, 2.05) is 13.1 Å². The molecule has 2 N–H and O–H groups in total. The number of aryl methyl sites for hydroxylation is 1. The maximum absolute atomic E-state index is 14.0. The van der Waals surface area contributed by atoms with Crippen molar-refractivity contribution < 1.29 is 32.0 Å². The second-order valence-electron chi connectivity index (χ2n) is 6.84. The minimum atomic E-state index is -5.08. The normalized spacial score (nSPS) is 13.2. The molecule has 0 spiro atoms. The van der Waals surface area contributed by atoms with Gasteiger partial charge in [-0.25, -0.2) is 9.18 Å². The Morgan fingerprint density at radius 1 is 1.34 bits per heavy atom. The molecule has 0 radical (unpaired) electrons. The summed E-state index contributed by atoms with van der Waals surface area (Å²) in [6.07, 6.45) is -2.15. The van der Waals surface area contributed by atoms with Crippen molar-refractivity contribution in [3.8, 4) is 11.4 Å². The average Bonchev–Trinajstić information content (AvgIpc) is 3.18. The third-order valence-corrected chi connectivity index (χ3v) is 5.01. The van der Waals surface area contributed by atoms with E-state index in [0.717, 1.165) is 36.3 Å². The quantitative estimate of drug-likeness (QED) is 0.553. The molecule has 32 heavy (non-hydrogen) atoms. The van der Waals surface area contributed by atoms with E-state index in [9.17, 15) is 17.6 Å². The number of fused-ring (bicyclic) bond motifs is 1. The van der Waals surface area contributed by atoms with Gasteiger partial charge in [0.1, 0.15) is 5.82 Å². The number of nitrogens with zero attached hydrogens (tertiary/aromatic N) is 3. The highest BCUT2D eigenvalue weighted by atomic mass is 35.5. The van der Waals surface area contributed by atoms with Crippen LogP contribution in [-0.4, -0.2) is 38.9 Å². The second-order valence-corrected chi connectivity index (χ2v) is 7.25. The summed E-state index contributed by atoms with van der Waals surface area (Å²) >= 11 is 6.08. The molecule has 0 bridgehead atoms. The SMILES string of the molecule is Cc1ncc2c(c1-c1noc(Cc3c(F)cccc3Cl)n1)CCNC2.O=C(O)C(F)(F)F. The van der Waals surface area contributed by atoms with Crippen molar-refractivity contribution in [2.75, 3.05) is 6.54 Å². The molecule has 12 heteroatoms. The number of aliphatic carboxylic acids is 1. The van der Waals surface area contributed by atoms with Crippen molar-refractivity contribution in [1.82, 2.24) is 20.4 Å². The number of nitrogens with one attached hydrogen (secondary N) is 1. The third-order valence-electron chi connectivity index (χ3n) is 4.66. The largest absolute Gasteiger partial charge is 0.490 e. The van der Waals surface area contributed by atoms with Gasteiger partial charge in [0.25, 0.3) is 0 Å². The fourth-order valence-electron chi connectivity index (χ4n) is 3.15. The van der Waals surface area contributed by atoms with Gasteiger partial charge in [0.15, 0.2) is 0 Å². The molecule has 0 amide bonds. The van der Waals surface area contributed by atoms with E-state index in [-0.39, 0.29) is 12.2 Å². The first-order valence-corrected chi connectivity index (χ1v) is 9.69. The first kappa shape index (κ1) is 23.6. The topological polar surface area (TPSA) is 101 Å². The molecule has 4 rings (SSSR count). The Labute approximate surface area is 184 Å². The number of benzene rings is 1. The second kappa shape index (κ2) is 9.61. The molecule has 0 atom stereocenters. The van der Waals surface area contributed by atoms with Crippen LogP contribution in [-0.2, 0) is 24.2 Å². The Hall–Kier alpha value is -3.05. The van der Waals surface area contributed by atoms with Crippen LogP contribution >= 0.6 is 11.6 Å². The predicted octanol–water partition coefficient (Wildman–Crippen LogP) is 4.10. The average molecular weight is 473 g/mol. The number of hydrogen-bond acceptors (Lipinski definition) is 6. The standard InChI is InChI=1S/C18H16ClFN4O.C2HF3O2/c1-10-17(12-5-6-21-8-11(12)9-22-10)18-23-16(25-24-18)7-13-14(19)3-2-4-15(13)20;3-2(4,5)1(6)7/h2-4,9,21H,5-8H2,1H3;(H,6,7). The Balaban J connectivity index is 0.000000360. The van der Waals surface area contributed by atoms with Crippen molar-refractivity contribution >= 4 is 17.6 Å². The van der Waals surface area contributed by atoms with Crippen LogP contribution in [0.4, 0.5) is 17.6 Å². The van der Waals surface area contributed by atoms with E-state index < -0.39 is 12.1 Å². The van der Waals surface area contributed by atoms with Crippen LogP contribution in [0.5, 0.6) is 0 Å². The van der Waals surface area contributed by atoms with Gasteiger partial charge < -0.3 is 14.9 Å². The summed E-state index contributed by atoms with van der Waals surface area (Å²) in [5, 5.41) is 14.9. The fourth-order valence-corrected chi connectivity index (χ4v) is 3.38. The van der Waals surface area contributed by atoms with Crippen LogP contribution in [0.1, 0.15) is 28.3 Å². The van der Waals surface area contributed by atoms with Crippen LogP contribution in [0.2, 0.25) is 5.02 Å². The minimum absolute atomic E-state index is 0.154. The number of carboxylic acids is 1. The first-order chi connectivity index (χ1) is 15.1. The van der Waals surface area contributed by atoms with Crippen LogP contribution in [0, 0.1) is 12.7 Å². The summed E-state index contributed by atoms with van der Waals surface area (Å²) in [5.41, 5.74) is 4.47. The molecule has 0 saturated heterocycles. The summed E-state index contributed by atoms with van der Waals surface area (Å²) < 4.78 is 51.0. The van der Waals surface area contributed by atoms with Gasteiger partial charge in [-0.05, 0) is 43.1 Å². The molecule has 0 unspecified atom stereocenters. The molecule has 3 heterocycles. The maximum Gasteiger partial charge on any atom is 0.490 e. The highest BCUT2D eigenvalue weighted by Gasteiger charge is 2.38. The van der Waals surface area contributed by atoms with E-state index in [1.54, 1.807) is 12.1 Å². The zero-order chi connectivity index (χ0) is 23.5. The zero-order valence-electron chi connectivity index (χ0n) is 16.6. The highest BCUT2D eigenvalue weighted by molar-refractivity contribution is 6.31. The lowest BCUT2D eigenvalue weighted by molar-refractivity contribution is -0.192.